The number of aryl methyl sites for hydroxylation is 1. The Morgan fingerprint density at radius 2 is 1.88 bits per heavy atom. The number of hydrogen-bond acceptors (Lipinski definition) is 3. The van der Waals surface area contributed by atoms with Gasteiger partial charge >= 0.3 is 0 Å². The molecule has 0 spiro atoms. The summed E-state index contributed by atoms with van der Waals surface area (Å²) in [6, 6.07) is 8.13. The second-order valence-electron chi connectivity index (χ2n) is 7.25. The molecule has 0 radical (unpaired) electrons. The minimum Gasteiger partial charge on any atom is -0.379 e. The lowest BCUT2D eigenvalue weighted by Crippen LogP contribution is -2.59. The Morgan fingerprint density at radius 1 is 1.16 bits per heavy atom. The Morgan fingerprint density at radius 3 is 2.60 bits per heavy atom. The maximum atomic E-state index is 12.4. The molecule has 0 bridgehead atoms. The van der Waals surface area contributed by atoms with E-state index in [0.29, 0.717) is 6.42 Å². The summed E-state index contributed by atoms with van der Waals surface area (Å²) in [5, 5.41) is 3.24. The molecule has 0 unspecified atom stereocenters. The molecular formula is C20H29BrN2O2. The summed E-state index contributed by atoms with van der Waals surface area (Å²) in [4.78, 5) is 15.0. The molecule has 1 heterocycles. The van der Waals surface area contributed by atoms with Crippen molar-refractivity contribution < 1.29 is 9.53 Å². The minimum atomic E-state index is 0.144. The van der Waals surface area contributed by atoms with E-state index < -0.39 is 0 Å². The molecule has 2 fully saturated rings. The van der Waals surface area contributed by atoms with E-state index in [0.717, 1.165) is 43.7 Å². The second kappa shape index (κ2) is 9.15. The zero-order valence-electron chi connectivity index (χ0n) is 14.9. The molecule has 5 heteroatoms. The molecule has 138 valence electrons. The summed E-state index contributed by atoms with van der Waals surface area (Å²) in [5.41, 5.74) is 1.34. The number of ether oxygens (including phenoxy) is 1. The van der Waals surface area contributed by atoms with Crippen LogP contribution >= 0.6 is 15.9 Å². The Kier molecular flexibility index (Phi) is 6.91. The number of carbonyl (C=O) groups excluding carboxylic acids is 1. The number of nitrogens with one attached hydrogen (secondary N) is 1. The van der Waals surface area contributed by atoms with E-state index in [2.05, 4.69) is 32.2 Å². The molecule has 1 saturated heterocycles. The van der Waals surface area contributed by atoms with Crippen LogP contribution in [0.1, 0.15) is 44.1 Å². The summed E-state index contributed by atoms with van der Waals surface area (Å²) < 4.78 is 6.61. The number of hydrogen-bond donors (Lipinski definition) is 1. The van der Waals surface area contributed by atoms with Crippen LogP contribution in [0.2, 0.25) is 0 Å². The standard InChI is InChI=1S/C20H29BrN2O2/c21-18-7-3-2-6-17(18)8-9-19(24)22-16-20(10-4-1-5-11-20)23-12-14-25-15-13-23/h2-3,6-7H,1,4-5,8-16H2,(H,22,24). The summed E-state index contributed by atoms with van der Waals surface area (Å²) in [7, 11) is 0. The van der Waals surface area contributed by atoms with Gasteiger partial charge in [0.25, 0.3) is 0 Å². The van der Waals surface area contributed by atoms with Crippen LogP contribution < -0.4 is 5.32 Å². The fourth-order valence-corrected chi connectivity index (χ4v) is 4.64. The van der Waals surface area contributed by atoms with Crippen LogP contribution in [0, 0.1) is 0 Å². The first-order valence-electron chi connectivity index (χ1n) is 9.53. The minimum absolute atomic E-state index is 0.144. The van der Waals surface area contributed by atoms with Gasteiger partial charge in [-0.15, -0.1) is 0 Å². The summed E-state index contributed by atoms with van der Waals surface area (Å²) in [5.74, 6) is 0.161. The number of benzene rings is 1. The monoisotopic (exact) mass is 408 g/mol. The van der Waals surface area contributed by atoms with Crippen LogP contribution in [0.15, 0.2) is 28.7 Å². The normalized spacial score (nSPS) is 21.0. The van der Waals surface area contributed by atoms with Crippen molar-refractivity contribution in [3.63, 3.8) is 0 Å². The molecule has 4 nitrogen and oxygen atoms in total. The van der Waals surface area contributed by atoms with Gasteiger partial charge in [0.15, 0.2) is 0 Å². The SMILES string of the molecule is O=C(CCc1ccccc1Br)NCC1(N2CCOCC2)CCCCC1. The van der Waals surface area contributed by atoms with Crippen molar-refractivity contribution in [3.8, 4) is 0 Å². The van der Waals surface area contributed by atoms with Gasteiger partial charge in [0.2, 0.25) is 5.91 Å². The number of rotatable bonds is 6. The van der Waals surface area contributed by atoms with Gasteiger partial charge in [-0.05, 0) is 30.9 Å². The van der Waals surface area contributed by atoms with Gasteiger partial charge in [-0.2, -0.15) is 0 Å². The van der Waals surface area contributed by atoms with Gasteiger partial charge in [0, 0.05) is 36.1 Å². The Hall–Kier alpha value is -0.910. The van der Waals surface area contributed by atoms with Crippen LogP contribution in [0.25, 0.3) is 0 Å². The average molecular weight is 409 g/mol. The van der Waals surface area contributed by atoms with Crippen LogP contribution in [-0.4, -0.2) is 49.2 Å². The van der Waals surface area contributed by atoms with Gasteiger partial charge in [0.05, 0.1) is 13.2 Å². The first-order valence-corrected chi connectivity index (χ1v) is 10.3. The van der Waals surface area contributed by atoms with E-state index in [4.69, 9.17) is 4.74 Å². The number of halogens is 1. The van der Waals surface area contributed by atoms with Crippen molar-refractivity contribution in [2.45, 2.75) is 50.5 Å². The first-order chi connectivity index (χ1) is 12.2. The third-order valence-corrected chi connectivity index (χ3v) is 6.43. The van der Waals surface area contributed by atoms with Crippen LogP contribution in [0.5, 0.6) is 0 Å². The summed E-state index contributed by atoms with van der Waals surface area (Å²) >= 11 is 3.56. The van der Waals surface area contributed by atoms with E-state index in [1.165, 1.54) is 37.7 Å². The molecule has 0 aromatic heterocycles. The quantitative estimate of drug-likeness (QED) is 0.782. The lowest BCUT2D eigenvalue weighted by molar-refractivity contribution is -0.122. The Balaban J connectivity index is 1.53. The molecule has 1 saturated carbocycles. The lowest BCUT2D eigenvalue weighted by Gasteiger charge is -2.48. The molecular weight excluding hydrogens is 380 g/mol. The van der Waals surface area contributed by atoms with Crippen LogP contribution in [0.3, 0.4) is 0 Å². The largest absolute Gasteiger partial charge is 0.379 e. The van der Waals surface area contributed by atoms with Gasteiger partial charge in [-0.25, -0.2) is 0 Å². The number of nitrogens with zero attached hydrogens (tertiary/aromatic N) is 1. The fourth-order valence-electron chi connectivity index (χ4n) is 4.15. The molecule has 1 aliphatic carbocycles. The molecule has 1 amide bonds. The predicted octanol–water partition coefficient (Wildman–Crippen LogP) is 3.53. The first kappa shape index (κ1) is 18.9. The Bertz CT molecular complexity index is 567. The van der Waals surface area contributed by atoms with Crippen molar-refractivity contribution in [2.75, 3.05) is 32.8 Å². The molecule has 1 aliphatic heterocycles. The third kappa shape index (κ3) is 5.05. The molecule has 2 aliphatic rings. The second-order valence-corrected chi connectivity index (χ2v) is 8.11. The molecule has 1 aromatic carbocycles. The summed E-state index contributed by atoms with van der Waals surface area (Å²) in [6.45, 7) is 4.40. The topological polar surface area (TPSA) is 41.6 Å². The predicted molar refractivity (Wildman–Crippen MR) is 104 cm³/mol. The van der Waals surface area contributed by atoms with E-state index in [9.17, 15) is 4.79 Å². The Labute approximate surface area is 159 Å². The summed E-state index contributed by atoms with van der Waals surface area (Å²) in [6.07, 6.45) is 7.56. The fraction of sp³-hybridized carbons (Fsp3) is 0.650. The molecule has 1 N–H and O–H groups in total. The van der Waals surface area contributed by atoms with Gasteiger partial charge in [-0.1, -0.05) is 53.4 Å². The smallest absolute Gasteiger partial charge is 0.220 e. The van der Waals surface area contributed by atoms with E-state index in [1.54, 1.807) is 0 Å². The van der Waals surface area contributed by atoms with Crippen molar-refractivity contribution >= 4 is 21.8 Å². The van der Waals surface area contributed by atoms with E-state index in [-0.39, 0.29) is 11.4 Å². The van der Waals surface area contributed by atoms with Crippen molar-refractivity contribution in [1.29, 1.82) is 0 Å². The highest BCUT2D eigenvalue weighted by molar-refractivity contribution is 9.10. The van der Waals surface area contributed by atoms with Crippen molar-refractivity contribution in [2.24, 2.45) is 0 Å². The maximum absolute atomic E-state index is 12.4. The van der Waals surface area contributed by atoms with Gasteiger partial charge < -0.3 is 10.1 Å². The number of carbonyl (C=O) groups is 1. The highest BCUT2D eigenvalue weighted by Crippen LogP contribution is 2.33. The molecule has 0 atom stereocenters. The third-order valence-electron chi connectivity index (χ3n) is 5.66. The number of amides is 1. The molecule has 1 aromatic rings. The zero-order valence-corrected chi connectivity index (χ0v) is 16.5. The highest BCUT2D eigenvalue weighted by Gasteiger charge is 2.38. The van der Waals surface area contributed by atoms with Crippen LogP contribution in [0.4, 0.5) is 0 Å². The zero-order chi connectivity index (χ0) is 17.5. The number of morpholine rings is 1. The average Bonchev–Trinajstić information content (AvgIpc) is 2.67. The molecule has 3 rings (SSSR count). The lowest BCUT2D eigenvalue weighted by atomic mass is 9.79. The molecule has 25 heavy (non-hydrogen) atoms. The van der Waals surface area contributed by atoms with Gasteiger partial charge in [0.1, 0.15) is 0 Å². The highest BCUT2D eigenvalue weighted by atomic mass is 79.9. The van der Waals surface area contributed by atoms with Crippen molar-refractivity contribution in [1.82, 2.24) is 10.2 Å². The maximum Gasteiger partial charge on any atom is 0.220 e. The van der Waals surface area contributed by atoms with E-state index >= 15 is 0 Å². The van der Waals surface area contributed by atoms with E-state index in [1.807, 2.05) is 18.2 Å². The van der Waals surface area contributed by atoms with Crippen LogP contribution in [-0.2, 0) is 16.0 Å². The van der Waals surface area contributed by atoms with Gasteiger partial charge in [-0.3, -0.25) is 9.69 Å². The van der Waals surface area contributed by atoms with Crippen molar-refractivity contribution in [3.05, 3.63) is 34.3 Å².